The minimum absolute atomic E-state index is 0.0182. The van der Waals surface area contributed by atoms with Gasteiger partial charge >= 0.3 is 0 Å². The lowest BCUT2D eigenvalue weighted by molar-refractivity contribution is 0.319. The minimum Gasteiger partial charge on any atom is -0.490 e. The molecule has 0 atom stereocenters. The van der Waals surface area contributed by atoms with Gasteiger partial charge in [0.05, 0.1) is 12.3 Å². The van der Waals surface area contributed by atoms with Crippen LogP contribution < -0.4 is 15.2 Å². The van der Waals surface area contributed by atoms with Crippen molar-refractivity contribution in [3.63, 3.8) is 0 Å². The lowest BCUT2D eigenvalue weighted by Crippen LogP contribution is -1.98. The number of benzene rings is 2. The Hall–Kier alpha value is -2.23. The number of ether oxygens (including phenoxy) is 2. The quantitative estimate of drug-likeness (QED) is 0.839. The maximum atomic E-state index is 13.6. The molecule has 2 N–H and O–H groups in total. The van der Waals surface area contributed by atoms with E-state index in [1.165, 1.54) is 12.1 Å². The molecule has 0 unspecified atom stereocenters. The molecule has 0 aromatic heterocycles. The van der Waals surface area contributed by atoms with Crippen LogP contribution in [0.3, 0.4) is 0 Å². The molecule has 0 aliphatic rings. The molecule has 2 aromatic carbocycles. The third kappa shape index (κ3) is 2.53. The molecule has 3 nitrogen and oxygen atoms in total. The van der Waals surface area contributed by atoms with Crippen LogP contribution in [0.4, 0.5) is 10.1 Å². The molecule has 0 saturated heterocycles. The zero-order chi connectivity index (χ0) is 13.0. The summed E-state index contributed by atoms with van der Waals surface area (Å²) < 4.78 is 24.5. The fourth-order valence-electron chi connectivity index (χ4n) is 1.55. The van der Waals surface area contributed by atoms with Gasteiger partial charge in [-0.1, -0.05) is 18.2 Å². The van der Waals surface area contributed by atoms with Crippen LogP contribution >= 0.6 is 0 Å². The molecule has 0 bridgehead atoms. The summed E-state index contributed by atoms with van der Waals surface area (Å²) in [7, 11) is 0. The molecule has 4 heteroatoms. The van der Waals surface area contributed by atoms with Crippen molar-refractivity contribution in [2.24, 2.45) is 0 Å². The minimum atomic E-state index is -0.499. The van der Waals surface area contributed by atoms with Crippen molar-refractivity contribution in [2.75, 3.05) is 12.3 Å². The van der Waals surface area contributed by atoms with Crippen LogP contribution in [0.25, 0.3) is 0 Å². The van der Waals surface area contributed by atoms with Gasteiger partial charge in [-0.05, 0) is 31.2 Å². The Labute approximate surface area is 105 Å². The van der Waals surface area contributed by atoms with Gasteiger partial charge in [0.1, 0.15) is 0 Å². The Balaban J connectivity index is 2.34. The first-order valence-corrected chi connectivity index (χ1v) is 5.66. The second-order valence-corrected chi connectivity index (χ2v) is 3.64. The van der Waals surface area contributed by atoms with Gasteiger partial charge in [-0.25, -0.2) is 4.39 Å². The Morgan fingerprint density at radius 1 is 1.06 bits per heavy atom. The maximum absolute atomic E-state index is 13.6. The molecule has 94 valence electrons. The standard InChI is InChI=1S/C14H14FNO2/c1-2-17-12-8-3-4-9-13(12)18-14-10(15)6-5-7-11(14)16/h3-9H,2,16H2,1H3. The summed E-state index contributed by atoms with van der Waals surface area (Å²) in [5, 5.41) is 0. The van der Waals surface area contributed by atoms with Gasteiger partial charge in [0, 0.05) is 0 Å². The van der Waals surface area contributed by atoms with Crippen molar-refractivity contribution < 1.29 is 13.9 Å². The van der Waals surface area contributed by atoms with E-state index in [0.717, 1.165) is 0 Å². The SMILES string of the molecule is CCOc1ccccc1Oc1c(N)cccc1F. The van der Waals surface area contributed by atoms with E-state index < -0.39 is 5.82 Å². The van der Waals surface area contributed by atoms with E-state index in [-0.39, 0.29) is 11.4 Å². The number of rotatable bonds is 4. The van der Waals surface area contributed by atoms with Crippen molar-refractivity contribution in [1.29, 1.82) is 0 Å². The molecule has 2 aromatic rings. The summed E-state index contributed by atoms with van der Waals surface area (Å²) in [6.07, 6.45) is 0. The van der Waals surface area contributed by atoms with E-state index in [2.05, 4.69) is 0 Å². The van der Waals surface area contributed by atoms with Gasteiger partial charge in [-0.3, -0.25) is 0 Å². The van der Waals surface area contributed by atoms with Gasteiger partial charge in [0.15, 0.2) is 23.1 Å². The Kier molecular flexibility index (Phi) is 3.67. The zero-order valence-electron chi connectivity index (χ0n) is 10.0. The van der Waals surface area contributed by atoms with E-state index in [1.54, 1.807) is 24.3 Å². The lowest BCUT2D eigenvalue weighted by atomic mass is 10.2. The van der Waals surface area contributed by atoms with Crippen LogP contribution in [0.1, 0.15) is 6.92 Å². The Morgan fingerprint density at radius 3 is 2.44 bits per heavy atom. The maximum Gasteiger partial charge on any atom is 0.186 e. The van der Waals surface area contributed by atoms with Gasteiger partial charge < -0.3 is 15.2 Å². The predicted octanol–water partition coefficient (Wildman–Crippen LogP) is 3.60. The lowest BCUT2D eigenvalue weighted by Gasteiger charge is -2.13. The Bertz CT molecular complexity index is 523. The smallest absolute Gasteiger partial charge is 0.186 e. The normalized spacial score (nSPS) is 10.1. The summed E-state index contributed by atoms with van der Waals surface area (Å²) in [5.74, 6) is 0.518. The number of para-hydroxylation sites is 3. The van der Waals surface area contributed by atoms with Gasteiger partial charge in [-0.2, -0.15) is 0 Å². The fraction of sp³-hybridized carbons (Fsp3) is 0.143. The second-order valence-electron chi connectivity index (χ2n) is 3.64. The molecular weight excluding hydrogens is 233 g/mol. The van der Waals surface area contributed by atoms with E-state index in [0.29, 0.717) is 18.1 Å². The van der Waals surface area contributed by atoms with Crippen molar-refractivity contribution in [3.8, 4) is 17.2 Å². The summed E-state index contributed by atoms with van der Waals surface area (Å²) in [6, 6.07) is 11.5. The number of halogens is 1. The third-order valence-corrected chi connectivity index (χ3v) is 2.36. The third-order valence-electron chi connectivity index (χ3n) is 2.36. The number of nitrogen functional groups attached to an aromatic ring is 1. The summed E-state index contributed by atoms with van der Waals surface area (Å²) in [6.45, 7) is 2.38. The molecule has 0 aliphatic heterocycles. The van der Waals surface area contributed by atoms with Crippen LogP contribution in [0.5, 0.6) is 17.2 Å². The van der Waals surface area contributed by atoms with E-state index >= 15 is 0 Å². The number of hydrogen-bond donors (Lipinski definition) is 1. The molecule has 2 rings (SSSR count). The number of hydrogen-bond acceptors (Lipinski definition) is 3. The largest absolute Gasteiger partial charge is 0.490 e. The van der Waals surface area contributed by atoms with Crippen molar-refractivity contribution in [2.45, 2.75) is 6.92 Å². The average Bonchev–Trinajstić information content (AvgIpc) is 2.36. The Morgan fingerprint density at radius 2 is 1.78 bits per heavy atom. The molecule has 0 radical (unpaired) electrons. The first-order chi connectivity index (χ1) is 8.72. The molecule has 0 heterocycles. The van der Waals surface area contributed by atoms with E-state index in [9.17, 15) is 4.39 Å². The molecule has 0 saturated carbocycles. The highest BCUT2D eigenvalue weighted by atomic mass is 19.1. The molecular formula is C14H14FNO2. The highest BCUT2D eigenvalue weighted by Crippen LogP contribution is 2.35. The van der Waals surface area contributed by atoms with Crippen LogP contribution in [0, 0.1) is 5.82 Å². The summed E-state index contributed by atoms with van der Waals surface area (Å²) in [4.78, 5) is 0. The van der Waals surface area contributed by atoms with Crippen LogP contribution in [-0.2, 0) is 0 Å². The molecule has 0 spiro atoms. The van der Waals surface area contributed by atoms with Gasteiger partial charge in [0.2, 0.25) is 0 Å². The molecule has 18 heavy (non-hydrogen) atoms. The zero-order valence-corrected chi connectivity index (χ0v) is 10.0. The molecule has 0 aliphatic carbocycles. The first kappa shape index (κ1) is 12.2. The van der Waals surface area contributed by atoms with Crippen molar-refractivity contribution >= 4 is 5.69 Å². The number of anilines is 1. The highest BCUT2D eigenvalue weighted by molar-refractivity contribution is 5.55. The average molecular weight is 247 g/mol. The first-order valence-electron chi connectivity index (χ1n) is 5.66. The van der Waals surface area contributed by atoms with Crippen LogP contribution in [0.15, 0.2) is 42.5 Å². The van der Waals surface area contributed by atoms with Crippen LogP contribution in [-0.4, -0.2) is 6.61 Å². The molecule has 0 amide bonds. The fourth-order valence-corrected chi connectivity index (χ4v) is 1.55. The second kappa shape index (κ2) is 5.40. The van der Waals surface area contributed by atoms with Crippen molar-refractivity contribution in [1.82, 2.24) is 0 Å². The highest BCUT2D eigenvalue weighted by Gasteiger charge is 2.11. The monoisotopic (exact) mass is 247 g/mol. The van der Waals surface area contributed by atoms with E-state index in [4.69, 9.17) is 15.2 Å². The summed E-state index contributed by atoms with van der Waals surface area (Å²) in [5.41, 5.74) is 5.94. The van der Waals surface area contributed by atoms with Crippen LogP contribution in [0.2, 0.25) is 0 Å². The van der Waals surface area contributed by atoms with E-state index in [1.807, 2.05) is 13.0 Å². The topological polar surface area (TPSA) is 44.5 Å². The molecule has 0 fully saturated rings. The van der Waals surface area contributed by atoms with Gasteiger partial charge in [0.25, 0.3) is 0 Å². The van der Waals surface area contributed by atoms with Crippen molar-refractivity contribution in [3.05, 3.63) is 48.3 Å². The number of nitrogens with two attached hydrogens (primary N) is 1. The summed E-state index contributed by atoms with van der Waals surface area (Å²) >= 11 is 0. The predicted molar refractivity (Wildman–Crippen MR) is 68.5 cm³/mol. The van der Waals surface area contributed by atoms with Gasteiger partial charge in [-0.15, -0.1) is 0 Å².